The summed E-state index contributed by atoms with van der Waals surface area (Å²) in [5.74, 6) is 0.0726. The highest BCUT2D eigenvalue weighted by molar-refractivity contribution is 7.86. The van der Waals surface area contributed by atoms with Crippen LogP contribution in [0.15, 0.2) is 23.1 Å². The third-order valence-electron chi connectivity index (χ3n) is 1.92. The van der Waals surface area contributed by atoms with Crippen molar-refractivity contribution in [3.63, 3.8) is 0 Å². The fourth-order valence-electron chi connectivity index (χ4n) is 1.33. The molecule has 0 heterocycles. The Labute approximate surface area is 88.1 Å². The third kappa shape index (κ3) is 2.68. The summed E-state index contributed by atoms with van der Waals surface area (Å²) in [4.78, 5) is -0.276. The minimum Gasteiger partial charge on any atom is -0.495 e. The van der Waals surface area contributed by atoms with E-state index < -0.39 is 10.1 Å². The van der Waals surface area contributed by atoms with Crippen molar-refractivity contribution in [2.75, 3.05) is 13.7 Å². The molecule has 1 rings (SSSR count). The highest BCUT2D eigenvalue weighted by atomic mass is 32.2. The summed E-state index contributed by atoms with van der Waals surface area (Å²) in [7, 11) is -3.02. The van der Waals surface area contributed by atoms with E-state index in [-0.39, 0.29) is 23.7 Å². The maximum absolute atomic E-state index is 11.1. The Bertz CT molecular complexity index is 438. The van der Waals surface area contributed by atoms with Gasteiger partial charge >= 0.3 is 0 Å². The highest BCUT2D eigenvalue weighted by Gasteiger charge is 2.20. The summed E-state index contributed by atoms with van der Waals surface area (Å²) in [6.45, 7) is -0.199. The molecular formula is C9H12O5S. The van der Waals surface area contributed by atoms with Crippen molar-refractivity contribution in [1.29, 1.82) is 0 Å². The second-order valence-corrected chi connectivity index (χ2v) is 4.26. The summed E-state index contributed by atoms with van der Waals surface area (Å²) < 4.78 is 36.1. The minimum absolute atomic E-state index is 0.0726. The van der Waals surface area contributed by atoms with Gasteiger partial charge < -0.3 is 9.84 Å². The SMILES string of the molecule is COc1cccc(CCO)c1S(=O)(=O)O. The van der Waals surface area contributed by atoms with E-state index in [1.807, 2.05) is 0 Å². The van der Waals surface area contributed by atoms with Gasteiger partial charge in [-0.1, -0.05) is 12.1 Å². The van der Waals surface area contributed by atoms with Crippen molar-refractivity contribution in [2.24, 2.45) is 0 Å². The average Bonchev–Trinajstić information content (AvgIpc) is 2.16. The van der Waals surface area contributed by atoms with E-state index in [9.17, 15) is 8.42 Å². The number of hydrogen-bond acceptors (Lipinski definition) is 4. The lowest BCUT2D eigenvalue weighted by atomic mass is 10.1. The van der Waals surface area contributed by atoms with Gasteiger partial charge in [0.1, 0.15) is 10.6 Å². The molecule has 0 aliphatic rings. The van der Waals surface area contributed by atoms with Gasteiger partial charge in [-0.2, -0.15) is 8.42 Å². The quantitative estimate of drug-likeness (QED) is 0.737. The summed E-state index contributed by atoms with van der Waals surface area (Å²) >= 11 is 0. The number of benzene rings is 1. The first-order valence-corrected chi connectivity index (χ1v) is 5.69. The Morgan fingerprint density at radius 2 is 2.07 bits per heavy atom. The third-order valence-corrected chi connectivity index (χ3v) is 2.90. The van der Waals surface area contributed by atoms with Crippen LogP contribution in [0.1, 0.15) is 5.56 Å². The van der Waals surface area contributed by atoms with Crippen LogP contribution in [-0.2, 0) is 16.5 Å². The molecule has 1 aromatic rings. The summed E-state index contributed by atoms with van der Waals surface area (Å²) in [6.07, 6.45) is 0.145. The van der Waals surface area contributed by atoms with Gasteiger partial charge in [0.15, 0.2) is 0 Å². The van der Waals surface area contributed by atoms with Crippen LogP contribution in [0.3, 0.4) is 0 Å². The molecule has 0 unspecified atom stereocenters. The van der Waals surface area contributed by atoms with E-state index in [2.05, 4.69) is 0 Å². The predicted octanol–water partition coefficient (Wildman–Crippen LogP) is 0.477. The maximum atomic E-state index is 11.1. The molecule has 2 N–H and O–H groups in total. The zero-order valence-corrected chi connectivity index (χ0v) is 8.99. The van der Waals surface area contributed by atoms with Crippen LogP contribution in [0.2, 0.25) is 0 Å². The van der Waals surface area contributed by atoms with E-state index in [1.165, 1.54) is 19.2 Å². The molecule has 0 amide bonds. The van der Waals surface area contributed by atoms with E-state index in [4.69, 9.17) is 14.4 Å². The number of hydrogen-bond donors (Lipinski definition) is 2. The standard InChI is InChI=1S/C9H12O5S/c1-14-8-4-2-3-7(5-6-10)9(8)15(11,12)13/h2-4,10H,5-6H2,1H3,(H,11,12,13). The smallest absolute Gasteiger partial charge is 0.298 e. The fourth-order valence-corrected chi connectivity index (χ4v) is 2.24. The Kier molecular flexibility index (Phi) is 3.67. The minimum atomic E-state index is -4.33. The molecule has 1 aromatic carbocycles. The molecule has 0 saturated heterocycles. The average molecular weight is 232 g/mol. The van der Waals surface area contributed by atoms with E-state index in [1.54, 1.807) is 6.07 Å². The molecule has 0 radical (unpaired) electrons. The molecule has 0 spiro atoms. The lowest BCUT2D eigenvalue weighted by molar-refractivity contribution is 0.298. The topological polar surface area (TPSA) is 83.8 Å². The van der Waals surface area contributed by atoms with Gasteiger partial charge in [0, 0.05) is 6.61 Å². The summed E-state index contributed by atoms with van der Waals surface area (Å²) in [6, 6.07) is 4.55. The van der Waals surface area contributed by atoms with Crippen LogP contribution < -0.4 is 4.74 Å². The van der Waals surface area contributed by atoms with Crippen molar-refractivity contribution < 1.29 is 22.8 Å². The second kappa shape index (κ2) is 4.61. The fraction of sp³-hybridized carbons (Fsp3) is 0.333. The maximum Gasteiger partial charge on any atom is 0.298 e. The molecular weight excluding hydrogens is 220 g/mol. The molecule has 84 valence electrons. The number of methoxy groups -OCH3 is 1. The van der Waals surface area contributed by atoms with Crippen LogP contribution in [0.25, 0.3) is 0 Å². The Morgan fingerprint density at radius 1 is 1.40 bits per heavy atom. The first-order valence-electron chi connectivity index (χ1n) is 4.25. The molecule has 0 saturated carbocycles. The van der Waals surface area contributed by atoms with Gasteiger partial charge in [0.05, 0.1) is 7.11 Å². The van der Waals surface area contributed by atoms with Crippen LogP contribution in [0.4, 0.5) is 0 Å². The summed E-state index contributed by atoms with van der Waals surface area (Å²) in [5, 5.41) is 8.76. The van der Waals surface area contributed by atoms with Gasteiger partial charge in [0.2, 0.25) is 0 Å². The van der Waals surface area contributed by atoms with Crippen LogP contribution >= 0.6 is 0 Å². The molecule has 5 nitrogen and oxygen atoms in total. The van der Waals surface area contributed by atoms with Gasteiger partial charge in [0.25, 0.3) is 10.1 Å². The second-order valence-electron chi connectivity index (χ2n) is 2.90. The number of aliphatic hydroxyl groups excluding tert-OH is 1. The molecule has 0 aliphatic heterocycles. The molecule has 0 aliphatic carbocycles. The number of ether oxygens (including phenoxy) is 1. The lowest BCUT2D eigenvalue weighted by Crippen LogP contribution is -2.07. The molecule has 0 fully saturated rings. The number of aliphatic hydroxyl groups is 1. The Hall–Kier alpha value is -1.11. The zero-order chi connectivity index (χ0) is 11.5. The van der Waals surface area contributed by atoms with Crippen LogP contribution in [0, 0.1) is 0 Å². The largest absolute Gasteiger partial charge is 0.495 e. The van der Waals surface area contributed by atoms with Crippen molar-refractivity contribution in [1.82, 2.24) is 0 Å². The highest BCUT2D eigenvalue weighted by Crippen LogP contribution is 2.27. The van der Waals surface area contributed by atoms with E-state index in [0.717, 1.165) is 0 Å². The summed E-state index contributed by atoms with van der Waals surface area (Å²) in [5.41, 5.74) is 0.333. The molecule has 0 aromatic heterocycles. The molecule has 0 bridgehead atoms. The lowest BCUT2D eigenvalue weighted by Gasteiger charge is -2.10. The normalized spacial score (nSPS) is 11.4. The van der Waals surface area contributed by atoms with Crippen LogP contribution in [-0.4, -0.2) is 31.8 Å². The van der Waals surface area contributed by atoms with Crippen molar-refractivity contribution in [3.05, 3.63) is 23.8 Å². The Balaban J connectivity index is 3.41. The zero-order valence-electron chi connectivity index (χ0n) is 8.17. The first-order chi connectivity index (χ1) is 7.00. The van der Waals surface area contributed by atoms with E-state index >= 15 is 0 Å². The van der Waals surface area contributed by atoms with Gasteiger partial charge in [-0.15, -0.1) is 0 Å². The van der Waals surface area contributed by atoms with Crippen molar-refractivity contribution in [2.45, 2.75) is 11.3 Å². The first kappa shape index (κ1) is 12.0. The number of rotatable bonds is 4. The van der Waals surface area contributed by atoms with E-state index in [0.29, 0.717) is 5.56 Å². The monoisotopic (exact) mass is 232 g/mol. The van der Waals surface area contributed by atoms with Gasteiger partial charge in [-0.25, -0.2) is 0 Å². The van der Waals surface area contributed by atoms with Crippen molar-refractivity contribution in [3.8, 4) is 5.75 Å². The van der Waals surface area contributed by atoms with Crippen molar-refractivity contribution >= 4 is 10.1 Å². The Morgan fingerprint density at radius 3 is 2.53 bits per heavy atom. The molecule has 0 atom stereocenters. The van der Waals surface area contributed by atoms with Gasteiger partial charge in [-0.05, 0) is 18.1 Å². The predicted molar refractivity (Wildman–Crippen MR) is 53.6 cm³/mol. The molecule has 6 heteroatoms. The molecule has 15 heavy (non-hydrogen) atoms. The van der Waals surface area contributed by atoms with Crippen LogP contribution in [0.5, 0.6) is 5.75 Å². The van der Waals surface area contributed by atoms with Gasteiger partial charge in [-0.3, -0.25) is 4.55 Å².